The molecule has 0 amide bonds. The maximum Gasteiger partial charge on any atom is 0.195 e. The summed E-state index contributed by atoms with van der Waals surface area (Å²) in [4.78, 5) is 25.0. The number of rotatable bonds is 8. The Labute approximate surface area is 142 Å². The normalized spacial score (nSPS) is 13.1. The van der Waals surface area contributed by atoms with Crippen LogP contribution in [0.1, 0.15) is 40.5 Å². The Balaban J connectivity index is 2.15. The van der Waals surface area contributed by atoms with Crippen LogP contribution < -0.4 is 4.74 Å². The van der Waals surface area contributed by atoms with Gasteiger partial charge in [-0.15, -0.1) is 0 Å². The highest BCUT2D eigenvalue weighted by molar-refractivity contribution is 6.02. The second-order valence-corrected chi connectivity index (χ2v) is 5.67. The molecule has 2 atom stereocenters. The van der Waals surface area contributed by atoms with Crippen LogP contribution in [0.5, 0.6) is 5.75 Å². The fourth-order valence-corrected chi connectivity index (χ4v) is 2.68. The van der Waals surface area contributed by atoms with Gasteiger partial charge in [0.2, 0.25) is 0 Å². The van der Waals surface area contributed by atoms with E-state index in [1.165, 1.54) is 7.11 Å². The zero-order valence-electron chi connectivity index (χ0n) is 13.9. The predicted octanol–water partition coefficient (Wildman–Crippen LogP) is 3.54. The molecule has 0 heterocycles. The summed E-state index contributed by atoms with van der Waals surface area (Å²) in [6.45, 7) is 1.86. The Morgan fingerprint density at radius 3 is 2.29 bits per heavy atom. The number of carbonyl (C=O) groups excluding carboxylic acids is 2. The van der Waals surface area contributed by atoms with Crippen molar-refractivity contribution in [3.63, 3.8) is 0 Å². The molecule has 126 valence electrons. The lowest BCUT2D eigenvalue weighted by Crippen LogP contribution is -2.31. The van der Waals surface area contributed by atoms with Gasteiger partial charge in [0.1, 0.15) is 11.9 Å². The molecule has 2 rings (SSSR count). The van der Waals surface area contributed by atoms with Crippen LogP contribution >= 0.6 is 0 Å². The number of para-hydroxylation sites is 1. The maximum absolute atomic E-state index is 12.6. The molecule has 1 N–H and O–H groups in total. The Bertz CT molecular complexity index is 694. The molecule has 0 aliphatic carbocycles. The molecular weight excluding hydrogens is 304 g/mol. The minimum absolute atomic E-state index is 0.0747. The lowest BCUT2D eigenvalue weighted by molar-refractivity contribution is 0.0561. The molecule has 0 spiro atoms. The van der Waals surface area contributed by atoms with E-state index in [0.717, 1.165) is 0 Å². The zero-order chi connectivity index (χ0) is 17.5. The Kier molecular flexibility index (Phi) is 6.27. The van der Waals surface area contributed by atoms with Gasteiger partial charge >= 0.3 is 0 Å². The summed E-state index contributed by atoms with van der Waals surface area (Å²) < 4.78 is 5.18. The van der Waals surface area contributed by atoms with Crippen molar-refractivity contribution in [1.82, 2.24) is 0 Å². The first-order chi connectivity index (χ1) is 11.6. The van der Waals surface area contributed by atoms with E-state index in [0.29, 0.717) is 23.3 Å². The number of benzene rings is 2. The monoisotopic (exact) mass is 326 g/mol. The predicted molar refractivity (Wildman–Crippen MR) is 92.5 cm³/mol. The van der Waals surface area contributed by atoms with E-state index in [4.69, 9.17) is 4.74 Å². The molecule has 0 radical (unpaired) electrons. The second kappa shape index (κ2) is 8.41. The molecule has 2 aromatic rings. The summed E-state index contributed by atoms with van der Waals surface area (Å²) >= 11 is 0. The van der Waals surface area contributed by atoms with Crippen LogP contribution in [0, 0.1) is 5.92 Å². The van der Waals surface area contributed by atoms with Gasteiger partial charge in [-0.3, -0.25) is 9.59 Å². The van der Waals surface area contributed by atoms with Crippen LogP contribution in [0.25, 0.3) is 0 Å². The minimum Gasteiger partial charge on any atom is -0.496 e. The van der Waals surface area contributed by atoms with E-state index in [-0.39, 0.29) is 12.2 Å². The minimum atomic E-state index is -1.24. The van der Waals surface area contributed by atoms with Crippen molar-refractivity contribution in [1.29, 1.82) is 0 Å². The van der Waals surface area contributed by atoms with Crippen molar-refractivity contribution >= 4 is 11.6 Å². The SMILES string of the molecule is CC[C@@H](CC(=O)c1ccccc1)[C@@H](O)C(=O)c1ccccc1OC. The summed E-state index contributed by atoms with van der Waals surface area (Å²) in [6.07, 6.45) is -0.581. The molecule has 2 aromatic carbocycles. The van der Waals surface area contributed by atoms with Crippen molar-refractivity contribution in [2.45, 2.75) is 25.9 Å². The number of ether oxygens (including phenoxy) is 1. The summed E-state index contributed by atoms with van der Waals surface area (Å²) in [6, 6.07) is 15.7. The van der Waals surface area contributed by atoms with Gasteiger partial charge in [-0.2, -0.15) is 0 Å². The number of ketones is 2. The number of hydrogen-bond donors (Lipinski definition) is 1. The third-order valence-electron chi connectivity index (χ3n) is 4.16. The lowest BCUT2D eigenvalue weighted by atomic mass is 9.87. The van der Waals surface area contributed by atoms with Crippen molar-refractivity contribution < 1.29 is 19.4 Å². The highest BCUT2D eigenvalue weighted by Crippen LogP contribution is 2.24. The first kappa shape index (κ1) is 17.9. The number of methoxy groups -OCH3 is 1. The summed E-state index contributed by atoms with van der Waals surface area (Å²) in [5.41, 5.74) is 0.922. The van der Waals surface area contributed by atoms with Gasteiger partial charge in [-0.05, 0) is 24.5 Å². The Hall–Kier alpha value is -2.46. The Morgan fingerprint density at radius 2 is 1.67 bits per heavy atom. The van der Waals surface area contributed by atoms with Gasteiger partial charge in [0.25, 0.3) is 0 Å². The van der Waals surface area contributed by atoms with Crippen molar-refractivity contribution in [3.8, 4) is 5.75 Å². The van der Waals surface area contributed by atoms with Crippen molar-refractivity contribution in [2.75, 3.05) is 7.11 Å². The van der Waals surface area contributed by atoms with Crippen LogP contribution in [0.2, 0.25) is 0 Å². The van der Waals surface area contributed by atoms with Crippen molar-refractivity contribution in [3.05, 3.63) is 65.7 Å². The van der Waals surface area contributed by atoms with Gasteiger partial charge < -0.3 is 9.84 Å². The van der Waals surface area contributed by atoms with E-state index in [1.54, 1.807) is 48.5 Å². The smallest absolute Gasteiger partial charge is 0.195 e. The fourth-order valence-electron chi connectivity index (χ4n) is 2.68. The largest absolute Gasteiger partial charge is 0.496 e. The van der Waals surface area contributed by atoms with E-state index >= 15 is 0 Å². The molecule has 0 aliphatic heterocycles. The van der Waals surface area contributed by atoms with Crippen molar-refractivity contribution in [2.24, 2.45) is 5.92 Å². The first-order valence-electron chi connectivity index (χ1n) is 8.02. The van der Waals surface area contributed by atoms with Crippen LogP contribution in [-0.4, -0.2) is 29.9 Å². The van der Waals surface area contributed by atoms with Crippen LogP contribution in [0.4, 0.5) is 0 Å². The van der Waals surface area contributed by atoms with E-state index in [9.17, 15) is 14.7 Å². The number of aliphatic hydroxyl groups is 1. The maximum atomic E-state index is 12.6. The molecule has 0 aromatic heterocycles. The molecule has 24 heavy (non-hydrogen) atoms. The number of carbonyl (C=O) groups is 2. The van der Waals surface area contributed by atoms with Gasteiger partial charge in [-0.1, -0.05) is 49.4 Å². The van der Waals surface area contributed by atoms with Gasteiger partial charge in [0.15, 0.2) is 11.6 Å². The molecule has 4 nitrogen and oxygen atoms in total. The van der Waals surface area contributed by atoms with E-state index in [2.05, 4.69) is 0 Å². The van der Waals surface area contributed by atoms with Crippen LogP contribution in [0.15, 0.2) is 54.6 Å². The molecule has 4 heteroatoms. The summed E-state index contributed by atoms with van der Waals surface area (Å²) in [7, 11) is 1.48. The average Bonchev–Trinajstić information content (AvgIpc) is 2.65. The number of Topliss-reactive ketones (excluding diaryl/α,β-unsaturated/α-hetero) is 2. The quantitative estimate of drug-likeness (QED) is 0.754. The molecule has 0 bridgehead atoms. The van der Waals surface area contributed by atoms with E-state index < -0.39 is 17.8 Å². The molecule has 0 saturated heterocycles. The highest BCUT2D eigenvalue weighted by Gasteiger charge is 2.29. The lowest BCUT2D eigenvalue weighted by Gasteiger charge is -2.21. The summed E-state index contributed by atoms with van der Waals surface area (Å²) in [5.74, 6) is -0.504. The molecular formula is C20H22O4. The van der Waals surface area contributed by atoms with Crippen LogP contribution in [-0.2, 0) is 0 Å². The standard InChI is InChI=1S/C20H22O4/c1-3-14(13-17(21)15-9-5-4-6-10-15)19(22)20(23)16-11-7-8-12-18(16)24-2/h4-12,14,19,22H,3,13H2,1-2H3/t14-,19+/m0/s1. The third-order valence-corrected chi connectivity index (χ3v) is 4.16. The fraction of sp³-hybridized carbons (Fsp3) is 0.300. The van der Waals surface area contributed by atoms with Gasteiger partial charge in [-0.25, -0.2) is 0 Å². The zero-order valence-corrected chi connectivity index (χ0v) is 13.9. The van der Waals surface area contributed by atoms with Crippen LogP contribution in [0.3, 0.4) is 0 Å². The van der Waals surface area contributed by atoms with Gasteiger partial charge in [0, 0.05) is 12.0 Å². The highest BCUT2D eigenvalue weighted by atomic mass is 16.5. The summed E-state index contributed by atoms with van der Waals surface area (Å²) in [5, 5.41) is 10.5. The molecule has 0 saturated carbocycles. The average molecular weight is 326 g/mol. The van der Waals surface area contributed by atoms with Gasteiger partial charge in [0.05, 0.1) is 12.7 Å². The molecule has 0 fully saturated rings. The number of hydrogen-bond acceptors (Lipinski definition) is 4. The first-order valence-corrected chi connectivity index (χ1v) is 8.02. The topological polar surface area (TPSA) is 63.6 Å². The van der Waals surface area contributed by atoms with E-state index in [1.807, 2.05) is 13.0 Å². The number of aliphatic hydroxyl groups excluding tert-OH is 1. The Morgan fingerprint density at radius 1 is 1.04 bits per heavy atom. The second-order valence-electron chi connectivity index (χ2n) is 5.67. The third kappa shape index (κ3) is 4.09. The molecule has 0 unspecified atom stereocenters. The molecule has 0 aliphatic rings.